The number of fused-ring (bicyclic) bond motifs is 1. The van der Waals surface area contributed by atoms with E-state index in [1.165, 1.54) is 6.21 Å². The van der Waals surface area contributed by atoms with Crippen molar-refractivity contribution in [2.75, 3.05) is 13.1 Å². The summed E-state index contributed by atoms with van der Waals surface area (Å²) in [4.78, 5) is 19.5. The molecule has 0 radical (unpaired) electrons. The van der Waals surface area contributed by atoms with E-state index < -0.39 is 5.92 Å². The van der Waals surface area contributed by atoms with Crippen molar-refractivity contribution in [2.45, 2.75) is 50.9 Å². The third-order valence-corrected chi connectivity index (χ3v) is 6.47. The molecule has 154 valence electrons. The van der Waals surface area contributed by atoms with E-state index in [1.807, 2.05) is 23.1 Å². The topological polar surface area (TPSA) is 57.1 Å². The molecular formula is C23H27F2N3O. The molecule has 1 N–H and O–H groups in total. The van der Waals surface area contributed by atoms with Crippen LogP contribution in [0.25, 0.3) is 10.9 Å². The number of likely N-dealkylation sites (tertiary alicyclic amines) is 1. The predicted molar refractivity (Wildman–Crippen MR) is 110 cm³/mol. The first kappa shape index (κ1) is 19.9. The highest BCUT2D eigenvalue weighted by atomic mass is 19.3. The average Bonchev–Trinajstić information content (AvgIpc) is 2.72. The molecule has 2 aliphatic rings. The number of piperidine rings is 1. The summed E-state index contributed by atoms with van der Waals surface area (Å²) in [7, 11) is 0. The van der Waals surface area contributed by atoms with Crippen molar-refractivity contribution in [1.82, 2.24) is 9.88 Å². The summed E-state index contributed by atoms with van der Waals surface area (Å²) in [6.45, 7) is 3.45. The summed E-state index contributed by atoms with van der Waals surface area (Å²) in [6.07, 6.45) is 4.22. The smallest absolute Gasteiger partial charge is 0.248 e. The monoisotopic (exact) mass is 399 g/mol. The molecule has 2 atom stereocenters. The molecule has 1 saturated heterocycles. The van der Waals surface area contributed by atoms with Crippen LogP contribution in [0.2, 0.25) is 0 Å². The van der Waals surface area contributed by atoms with E-state index >= 15 is 0 Å². The van der Waals surface area contributed by atoms with Crippen LogP contribution >= 0.6 is 0 Å². The Balaban J connectivity index is 1.58. The van der Waals surface area contributed by atoms with Gasteiger partial charge in [0.25, 0.3) is 0 Å². The summed E-state index contributed by atoms with van der Waals surface area (Å²) < 4.78 is 27.0. The largest absolute Gasteiger partial charge is 0.342 e. The van der Waals surface area contributed by atoms with Crippen LogP contribution in [0, 0.1) is 17.2 Å². The van der Waals surface area contributed by atoms with Gasteiger partial charge in [0, 0.05) is 61.1 Å². The lowest BCUT2D eigenvalue weighted by Crippen LogP contribution is -2.46. The molecule has 1 amide bonds. The highest BCUT2D eigenvalue weighted by molar-refractivity contribution is 5.98. The summed E-state index contributed by atoms with van der Waals surface area (Å²) in [5.74, 6) is -2.33. The minimum absolute atomic E-state index is 0.0376. The molecule has 2 fully saturated rings. The lowest BCUT2D eigenvalue weighted by molar-refractivity contribution is -0.141. The van der Waals surface area contributed by atoms with Gasteiger partial charge in [-0.3, -0.25) is 9.78 Å². The highest BCUT2D eigenvalue weighted by Crippen LogP contribution is 2.39. The molecule has 4 nitrogen and oxygen atoms in total. The Bertz CT molecular complexity index is 919. The van der Waals surface area contributed by atoms with Gasteiger partial charge >= 0.3 is 0 Å². The number of hydrogen-bond donors (Lipinski definition) is 1. The van der Waals surface area contributed by atoms with E-state index in [0.717, 1.165) is 28.5 Å². The standard InChI is InChI=1S/C23H27F2N3O/c1-15-11-18(19-5-4-17(12-26)21-20(19)3-2-10-27-21)14-28(13-15)22(29)16-6-8-23(24,25)9-7-16/h2-5,10,12,15-16,18,26H,6-9,11,13-14H2,1H3/t15-,18+/m1/s1. The number of hydrogen-bond acceptors (Lipinski definition) is 3. The molecule has 29 heavy (non-hydrogen) atoms. The zero-order chi connectivity index (χ0) is 20.6. The van der Waals surface area contributed by atoms with Crippen molar-refractivity contribution < 1.29 is 13.6 Å². The molecular weight excluding hydrogens is 372 g/mol. The van der Waals surface area contributed by atoms with Gasteiger partial charge in [-0.2, -0.15) is 0 Å². The zero-order valence-electron chi connectivity index (χ0n) is 16.7. The van der Waals surface area contributed by atoms with E-state index in [1.54, 1.807) is 6.20 Å². The van der Waals surface area contributed by atoms with Crippen molar-refractivity contribution in [3.8, 4) is 0 Å². The second kappa shape index (κ2) is 7.81. The second-order valence-corrected chi connectivity index (χ2v) is 8.70. The van der Waals surface area contributed by atoms with Crippen LogP contribution in [0.4, 0.5) is 8.78 Å². The quantitative estimate of drug-likeness (QED) is 0.738. The molecule has 2 heterocycles. The van der Waals surface area contributed by atoms with Gasteiger partial charge < -0.3 is 10.3 Å². The Morgan fingerprint density at radius 3 is 2.72 bits per heavy atom. The summed E-state index contributed by atoms with van der Waals surface area (Å²) >= 11 is 0. The van der Waals surface area contributed by atoms with E-state index in [2.05, 4.69) is 18.0 Å². The molecule has 1 aromatic carbocycles. The number of nitrogens with zero attached hydrogens (tertiary/aromatic N) is 2. The van der Waals surface area contributed by atoms with Crippen molar-refractivity contribution in [2.24, 2.45) is 11.8 Å². The van der Waals surface area contributed by atoms with Gasteiger partial charge in [0.15, 0.2) is 0 Å². The minimum Gasteiger partial charge on any atom is -0.342 e. The Morgan fingerprint density at radius 2 is 2.00 bits per heavy atom. The highest BCUT2D eigenvalue weighted by Gasteiger charge is 2.40. The first-order valence-corrected chi connectivity index (χ1v) is 10.4. The van der Waals surface area contributed by atoms with Gasteiger partial charge in [0.05, 0.1) is 5.52 Å². The van der Waals surface area contributed by atoms with Gasteiger partial charge in [-0.25, -0.2) is 8.78 Å². The van der Waals surface area contributed by atoms with Crippen LogP contribution in [-0.4, -0.2) is 41.0 Å². The Kier molecular flexibility index (Phi) is 5.36. The van der Waals surface area contributed by atoms with E-state index in [0.29, 0.717) is 19.0 Å². The maximum absolute atomic E-state index is 13.5. The average molecular weight is 399 g/mol. The number of pyridine rings is 1. The molecule has 0 unspecified atom stereocenters. The number of amides is 1. The van der Waals surface area contributed by atoms with Crippen molar-refractivity contribution in [1.29, 1.82) is 5.41 Å². The fourth-order valence-corrected chi connectivity index (χ4v) is 4.99. The number of carbonyl (C=O) groups excluding carboxylic acids is 1. The second-order valence-electron chi connectivity index (χ2n) is 8.70. The Labute approximate surface area is 169 Å². The van der Waals surface area contributed by atoms with Crippen LogP contribution in [0.5, 0.6) is 0 Å². The summed E-state index contributed by atoms with van der Waals surface area (Å²) in [5.41, 5.74) is 2.74. The van der Waals surface area contributed by atoms with E-state index in [4.69, 9.17) is 5.41 Å². The van der Waals surface area contributed by atoms with Crippen molar-refractivity contribution in [3.63, 3.8) is 0 Å². The predicted octanol–water partition coefficient (Wildman–Crippen LogP) is 5.01. The van der Waals surface area contributed by atoms with Crippen LogP contribution in [0.1, 0.15) is 56.1 Å². The number of carbonyl (C=O) groups is 1. The van der Waals surface area contributed by atoms with Crippen molar-refractivity contribution in [3.05, 3.63) is 41.6 Å². The first-order chi connectivity index (χ1) is 13.9. The fourth-order valence-electron chi connectivity index (χ4n) is 4.99. The van der Waals surface area contributed by atoms with Crippen LogP contribution in [0.3, 0.4) is 0 Å². The molecule has 1 aliphatic heterocycles. The SMILES string of the molecule is C[C@@H]1C[C@H](c2ccc(C=N)c3ncccc23)CN(C(=O)C2CCC(F)(F)CC2)C1. The number of halogens is 2. The number of benzene rings is 1. The molecule has 2 aromatic rings. The molecule has 1 saturated carbocycles. The zero-order valence-corrected chi connectivity index (χ0v) is 16.7. The van der Waals surface area contributed by atoms with Gasteiger partial charge in [0.2, 0.25) is 11.8 Å². The molecule has 0 bridgehead atoms. The normalized spacial score (nSPS) is 25.1. The fraction of sp³-hybridized carbons (Fsp3) is 0.522. The Morgan fingerprint density at radius 1 is 1.24 bits per heavy atom. The molecule has 6 heteroatoms. The van der Waals surface area contributed by atoms with Gasteiger partial charge in [-0.1, -0.05) is 25.1 Å². The molecule has 1 aromatic heterocycles. The van der Waals surface area contributed by atoms with Crippen LogP contribution in [0.15, 0.2) is 30.5 Å². The van der Waals surface area contributed by atoms with Crippen LogP contribution in [-0.2, 0) is 4.79 Å². The van der Waals surface area contributed by atoms with Gasteiger partial charge in [-0.05, 0) is 36.8 Å². The first-order valence-electron chi connectivity index (χ1n) is 10.4. The minimum atomic E-state index is -2.61. The van der Waals surface area contributed by atoms with Crippen LogP contribution < -0.4 is 0 Å². The van der Waals surface area contributed by atoms with Crippen molar-refractivity contribution >= 4 is 23.0 Å². The Hall–Kier alpha value is -2.37. The number of nitrogens with one attached hydrogen (secondary N) is 1. The van der Waals surface area contributed by atoms with E-state index in [-0.39, 0.29) is 43.4 Å². The summed E-state index contributed by atoms with van der Waals surface area (Å²) in [6, 6.07) is 7.90. The number of aromatic nitrogens is 1. The maximum atomic E-state index is 13.5. The number of rotatable bonds is 3. The molecule has 0 spiro atoms. The lowest BCUT2D eigenvalue weighted by Gasteiger charge is -2.40. The van der Waals surface area contributed by atoms with E-state index in [9.17, 15) is 13.6 Å². The van der Waals surface area contributed by atoms with Gasteiger partial charge in [0.1, 0.15) is 0 Å². The molecule has 1 aliphatic carbocycles. The lowest BCUT2D eigenvalue weighted by atomic mass is 9.81. The molecule has 4 rings (SSSR count). The number of alkyl halides is 2. The maximum Gasteiger partial charge on any atom is 0.248 e. The van der Waals surface area contributed by atoms with Gasteiger partial charge in [-0.15, -0.1) is 0 Å². The third kappa shape index (κ3) is 4.02. The summed E-state index contributed by atoms with van der Waals surface area (Å²) in [5, 5.41) is 8.66. The third-order valence-electron chi connectivity index (χ3n) is 6.47.